The Morgan fingerprint density at radius 1 is 1.00 bits per heavy atom. The fourth-order valence-electron chi connectivity index (χ4n) is 4.59. The van der Waals surface area contributed by atoms with Gasteiger partial charge in [-0.05, 0) is 59.5 Å². The highest BCUT2D eigenvalue weighted by Gasteiger charge is 2.47. The highest BCUT2D eigenvalue weighted by atomic mass is 32.1. The number of urea groups is 1. The number of hydrogen-bond donors (Lipinski definition) is 1. The van der Waals surface area contributed by atoms with Crippen molar-refractivity contribution in [2.45, 2.75) is 24.9 Å². The zero-order valence-corrected chi connectivity index (χ0v) is 21.2. The first kappa shape index (κ1) is 24.5. The highest BCUT2D eigenvalue weighted by Crippen LogP contribution is 2.43. The van der Waals surface area contributed by atoms with E-state index in [4.69, 9.17) is 14.2 Å². The Kier molecular flexibility index (Phi) is 6.43. The number of amides is 2. The third-order valence-electron chi connectivity index (χ3n) is 6.49. The molecule has 9 nitrogen and oxygen atoms in total. The van der Waals surface area contributed by atoms with Gasteiger partial charge in [0.15, 0.2) is 5.78 Å². The number of Topliss-reactive ketones (excluding diaryl/α,β-unsaturated/α-hetero) is 1. The summed E-state index contributed by atoms with van der Waals surface area (Å²) in [5.74, 6) is -1.43. The van der Waals surface area contributed by atoms with E-state index in [2.05, 4.69) is 5.32 Å². The van der Waals surface area contributed by atoms with E-state index < -0.39 is 29.8 Å². The monoisotopic (exact) mass is 520 g/mol. The lowest BCUT2D eigenvalue weighted by Crippen LogP contribution is -2.51. The number of rotatable bonds is 7. The summed E-state index contributed by atoms with van der Waals surface area (Å²) >= 11 is 1.40. The first-order valence-electron chi connectivity index (χ1n) is 11.6. The molecule has 5 rings (SSSR count). The highest BCUT2D eigenvalue weighted by molar-refractivity contribution is 7.17. The van der Waals surface area contributed by atoms with E-state index >= 15 is 0 Å². The van der Waals surface area contributed by atoms with Gasteiger partial charge in [-0.25, -0.2) is 14.4 Å². The minimum absolute atomic E-state index is 0.0750. The molecule has 10 heteroatoms. The molecule has 2 aliphatic rings. The summed E-state index contributed by atoms with van der Waals surface area (Å²) in [4.78, 5) is 54.3. The summed E-state index contributed by atoms with van der Waals surface area (Å²) in [6.07, 6.45) is 1.41. The minimum atomic E-state index is -0.976. The normalized spacial score (nSPS) is 17.4. The molecule has 1 N–H and O–H groups in total. The maximum Gasteiger partial charge on any atom is 0.355 e. The molecule has 1 aliphatic heterocycles. The predicted molar refractivity (Wildman–Crippen MR) is 136 cm³/mol. The van der Waals surface area contributed by atoms with Gasteiger partial charge in [0.25, 0.3) is 0 Å². The summed E-state index contributed by atoms with van der Waals surface area (Å²) < 4.78 is 16.2. The Bertz CT molecular complexity index is 1470. The lowest BCUT2D eigenvalue weighted by molar-refractivity contribution is -0.137. The predicted octanol–water partition coefficient (Wildman–Crippen LogP) is 4.24. The van der Waals surface area contributed by atoms with Crippen LogP contribution in [0, 0.1) is 0 Å². The second-order valence-corrected chi connectivity index (χ2v) is 9.57. The average molecular weight is 521 g/mol. The number of nitrogens with one attached hydrogen (secondary N) is 1. The van der Waals surface area contributed by atoms with Gasteiger partial charge >= 0.3 is 18.0 Å². The average Bonchev–Trinajstić information content (AvgIpc) is 3.68. The number of hydrogen-bond acceptors (Lipinski definition) is 8. The number of fused-ring (bicyclic) bond motifs is 1. The van der Waals surface area contributed by atoms with Crippen LogP contribution in [-0.2, 0) is 14.3 Å². The molecule has 1 unspecified atom stereocenters. The molecule has 2 heterocycles. The number of para-hydroxylation sites is 1. The number of carbonyl (C=O) groups is 4. The second-order valence-electron chi connectivity index (χ2n) is 8.66. The molecule has 0 saturated heterocycles. The molecule has 1 atom stereocenters. The van der Waals surface area contributed by atoms with E-state index in [1.165, 1.54) is 37.6 Å². The van der Waals surface area contributed by atoms with Crippen molar-refractivity contribution in [3.63, 3.8) is 0 Å². The van der Waals surface area contributed by atoms with E-state index in [0.717, 1.165) is 4.70 Å². The number of methoxy groups -OCH3 is 3. The lowest BCUT2D eigenvalue weighted by Gasteiger charge is -2.35. The summed E-state index contributed by atoms with van der Waals surface area (Å²) in [6.45, 7) is 0. The van der Waals surface area contributed by atoms with Gasteiger partial charge in [0, 0.05) is 10.7 Å². The van der Waals surface area contributed by atoms with E-state index in [0.29, 0.717) is 35.1 Å². The van der Waals surface area contributed by atoms with Gasteiger partial charge < -0.3 is 19.5 Å². The Labute approximate surface area is 216 Å². The van der Waals surface area contributed by atoms with E-state index in [-0.39, 0.29) is 22.9 Å². The fourth-order valence-corrected chi connectivity index (χ4v) is 5.55. The molecule has 1 fully saturated rings. The van der Waals surface area contributed by atoms with Crippen molar-refractivity contribution in [2.24, 2.45) is 0 Å². The third-order valence-corrected chi connectivity index (χ3v) is 7.48. The van der Waals surface area contributed by atoms with Crippen molar-refractivity contribution in [3.05, 3.63) is 75.8 Å². The topological polar surface area (TPSA) is 111 Å². The number of ether oxygens (including phenoxy) is 3. The van der Waals surface area contributed by atoms with Crippen molar-refractivity contribution in [3.8, 4) is 5.75 Å². The Morgan fingerprint density at radius 2 is 1.73 bits per heavy atom. The Morgan fingerprint density at radius 3 is 2.41 bits per heavy atom. The molecule has 0 spiro atoms. The van der Waals surface area contributed by atoms with Crippen LogP contribution in [0.4, 0.5) is 4.79 Å². The summed E-state index contributed by atoms with van der Waals surface area (Å²) in [7, 11) is 3.97. The third kappa shape index (κ3) is 4.23. The van der Waals surface area contributed by atoms with Gasteiger partial charge in [0.1, 0.15) is 11.4 Å². The van der Waals surface area contributed by atoms with Gasteiger partial charge in [-0.2, -0.15) is 0 Å². The number of ketones is 1. The quantitative estimate of drug-likeness (QED) is 0.367. The molecular weight excluding hydrogens is 496 g/mol. The lowest BCUT2D eigenvalue weighted by atomic mass is 9.88. The summed E-state index contributed by atoms with van der Waals surface area (Å²) in [5.41, 5.74) is 1.14. The molecule has 0 radical (unpaired) electrons. The Hall–Kier alpha value is -4.18. The number of carbonyl (C=O) groups excluding carboxylic acids is 4. The van der Waals surface area contributed by atoms with Gasteiger partial charge in [0.2, 0.25) is 0 Å². The smallest absolute Gasteiger partial charge is 0.355 e. The number of nitrogens with zero attached hydrogens (tertiary/aromatic N) is 1. The van der Waals surface area contributed by atoms with Crippen LogP contribution in [0.1, 0.15) is 45.2 Å². The molecular formula is C27H24N2O7S. The molecule has 1 aromatic heterocycles. The SMILES string of the molecule is COC(=O)C1=C(C(=O)c2ccccc2OC)C(c2csc3ccc(C(=O)OC)cc23)NC(=O)N1C1CC1. The number of benzene rings is 2. The second kappa shape index (κ2) is 9.70. The molecule has 2 aromatic carbocycles. The fraction of sp³-hybridized carbons (Fsp3) is 0.259. The molecule has 3 aromatic rings. The van der Waals surface area contributed by atoms with Crippen LogP contribution in [0.15, 0.2) is 59.1 Å². The molecule has 1 aliphatic carbocycles. The van der Waals surface area contributed by atoms with Gasteiger partial charge in [0.05, 0.1) is 44.1 Å². The summed E-state index contributed by atoms with van der Waals surface area (Å²) in [5, 5.41) is 5.42. The van der Waals surface area contributed by atoms with Crippen LogP contribution in [0.25, 0.3) is 10.1 Å². The maximum atomic E-state index is 14.2. The summed E-state index contributed by atoms with van der Waals surface area (Å²) in [6, 6.07) is 10.1. The van der Waals surface area contributed by atoms with Crippen LogP contribution in [0.5, 0.6) is 5.75 Å². The first-order valence-corrected chi connectivity index (χ1v) is 12.5. The van der Waals surface area contributed by atoms with Crippen LogP contribution in [0.2, 0.25) is 0 Å². The van der Waals surface area contributed by atoms with Crippen LogP contribution < -0.4 is 10.1 Å². The zero-order valence-electron chi connectivity index (χ0n) is 20.4. The van der Waals surface area contributed by atoms with E-state index in [9.17, 15) is 19.2 Å². The van der Waals surface area contributed by atoms with Crippen molar-refractivity contribution >= 4 is 45.2 Å². The molecule has 0 bridgehead atoms. The molecule has 190 valence electrons. The van der Waals surface area contributed by atoms with Crippen LogP contribution in [0.3, 0.4) is 0 Å². The van der Waals surface area contributed by atoms with Crippen molar-refractivity contribution in [1.82, 2.24) is 10.2 Å². The van der Waals surface area contributed by atoms with Gasteiger partial charge in [-0.1, -0.05) is 12.1 Å². The number of thiophene rings is 1. The van der Waals surface area contributed by atoms with Crippen molar-refractivity contribution in [2.75, 3.05) is 21.3 Å². The minimum Gasteiger partial charge on any atom is -0.496 e. The Balaban J connectivity index is 1.77. The van der Waals surface area contributed by atoms with Crippen LogP contribution in [-0.4, -0.2) is 56.0 Å². The number of esters is 2. The standard InChI is InChI=1S/C27H24N2O7S/c1-34-19-7-5-4-6-16(19)24(30)21-22(28-27(33)29(15-9-10-15)23(21)26(32)36-3)18-13-37-20-11-8-14(12-17(18)20)25(31)35-2/h4-8,11-13,15,22H,9-10H2,1-3H3,(H,28,33). The van der Waals surface area contributed by atoms with Crippen molar-refractivity contribution < 1.29 is 33.4 Å². The zero-order chi connectivity index (χ0) is 26.3. The van der Waals surface area contributed by atoms with Gasteiger partial charge in [-0.15, -0.1) is 11.3 Å². The largest absolute Gasteiger partial charge is 0.496 e. The maximum absolute atomic E-state index is 14.2. The van der Waals surface area contributed by atoms with Crippen LogP contribution >= 0.6 is 11.3 Å². The van der Waals surface area contributed by atoms with E-state index in [1.54, 1.807) is 42.5 Å². The molecule has 2 amide bonds. The van der Waals surface area contributed by atoms with Crippen molar-refractivity contribution in [1.29, 1.82) is 0 Å². The first-order chi connectivity index (χ1) is 17.9. The van der Waals surface area contributed by atoms with Gasteiger partial charge in [-0.3, -0.25) is 9.69 Å². The molecule has 1 saturated carbocycles. The van der Waals surface area contributed by atoms with E-state index in [1.807, 2.05) is 5.38 Å². The molecule has 37 heavy (non-hydrogen) atoms.